The van der Waals surface area contributed by atoms with Gasteiger partial charge in [0.2, 0.25) is 0 Å². The number of benzene rings is 1. The molecular weight excluding hydrogens is 496 g/mol. The quantitative estimate of drug-likeness (QED) is 0.326. The van der Waals surface area contributed by atoms with E-state index < -0.39 is 0 Å². The van der Waals surface area contributed by atoms with Crippen molar-refractivity contribution in [2.45, 2.75) is 77.2 Å². The third-order valence-electron chi connectivity index (χ3n) is 8.48. The predicted octanol–water partition coefficient (Wildman–Crippen LogP) is 5.48. The summed E-state index contributed by atoms with van der Waals surface area (Å²) < 4.78 is 11.3. The summed E-state index contributed by atoms with van der Waals surface area (Å²) in [4.78, 5) is 23.0. The maximum atomic E-state index is 12.8. The Hall–Kier alpha value is -2.75. The lowest BCUT2D eigenvalue weighted by Gasteiger charge is -2.49. The van der Waals surface area contributed by atoms with Gasteiger partial charge in [0, 0.05) is 44.9 Å². The number of thiazole rings is 1. The van der Waals surface area contributed by atoms with Gasteiger partial charge in [-0.05, 0) is 57.2 Å². The van der Waals surface area contributed by atoms with Crippen molar-refractivity contribution in [3.8, 4) is 0 Å². The molecule has 1 aromatic carbocycles. The number of nitrogens with zero attached hydrogens (tertiary/aromatic N) is 6. The maximum Gasteiger partial charge on any atom is 0.250 e. The van der Waals surface area contributed by atoms with E-state index in [4.69, 9.17) is 14.8 Å². The zero-order chi connectivity index (χ0) is 26.4. The maximum absolute atomic E-state index is 12.8. The van der Waals surface area contributed by atoms with Crippen molar-refractivity contribution in [1.29, 1.82) is 0 Å². The Kier molecular flexibility index (Phi) is 7.01. The largest absolute Gasteiger partial charge is 0.356 e. The Labute approximate surface area is 227 Å². The predicted molar refractivity (Wildman–Crippen MR) is 154 cm³/mol. The van der Waals surface area contributed by atoms with E-state index in [0.29, 0.717) is 6.04 Å². The van der Waals surface area contributed by atoms with Crippen LogP contribution >= 0.6 is 11.3 Å². The lowest BCUT2D eigenvalue weighted by Crippen LogP contribution is -2.59. The monoisotopic (exact) mass is 534 g/mol. The molecule has 8 nitrogen and oxygen atoms in total. The van der Waals surface area contributed by atoms with E-state index in [-0.39, 0.29) is 23.9 Å². The molecule has 2 aliphatic rings. The topological polar surface area (TPSA) is 68.4 Å². The highest BCUT2D eigenvalue weighted by atomic mass is 32.1. The highest BCUT2D eigenvalue weighted by Crippen LogP contribution is 2.39. The van der Waals surface area contributed by atoms with Crippen LogP contribution in [-0.2, 0) is 11.8 Å². The first-order valence-electron chi connectivity index (χ1n) is 14.1. The minimum absolute atomic E-state index is 0.00829. The summed E-state index contributed by atoms with van der Waals surface area (Å²) in [6, 6.07) is 12.8. The second kappa shape index (κ2) is 10.4. The van der Waals surface area contributed by atoms with E-state index in [9.17, 15) is 4.79 Å². The zero-order valence-corrected chi connectivity index (χ0v) is 23.7. The van der Waals surface area contributed by atoms with Crippen molar-refractivity contribution >= 4 is 38.4 Å². The first kappa shape index (κ1) is 25.5. The lowest BCUT2D eigenvalue weighted by atomic mass is 10.00. The molecule has 2 aliphatic heterocycles. The summed E-state index contributed by atoms with van der Waals surface area (Å²) in [6.45, 7) is 9.42. The van der Waals surface area contributed by atoms with Crippen LogP contribution in [0.5, 0.6) is 0 Å². The third kappa shape index (κ3) is 4.34. The Morgan fingerprint density at radius 3 is 2.61 bits per heavy atom. The molecule has 0 bridgehead atoms. The summed E-state index contributed by atoms with van der Waals surface area (Å²) in [7, 11) is 1.87. The summed E-state index contributed by atoms with van der Waals surface area (Å²) in [5, 5.41) is 6.21. The molecule has 38 heavy (non-hydrogen) atoms. The summed E-state index contributed by atoms with van der Waals surface area (Å²) in [5.41, 5.74) is 2.84. The standard InChI is InChI=1S/C29H38N6O2S/c1-5-20-18-34(21(6-2)17-33(20)19(3)28-30-22-11-7-8-12-24(22)38-28)29-27-23(14-15-25(36)32(27)4)31-35(29)26-13-9-10-16-37-26/h7-8,11-12,14-15,19-21,26H,5-6,9-10,13,16-18H2,1-4H3/t19?,20-,21+,26?/m1/s1. The fourth-order valence-corrected chi connectivity index (χ4v) is 7.29. The normalized spacial score (nSPS) is 23.9. The average Bonchev–Trinajstić information content (AvgIpc) is 3.57. The van der Waals surface area contributed by atoms with Crippen LogP contribution in [0.15, 0.2) is 41.2 Å². The van der Waals surface area contributed by atoms with Gasteiger partial charge < -0.3 is 14.2 Å². The van der Waals surface area contributed by atoms with E-state index >= 15 is 0 Å². The van der Waals surface area contributed by atoms with Crippen LogP contribution in [0.25, 0.3) is 21.3 Å². The molecule has 0 amide bonds. The van der Waals surface area contributed by atoms with Crippen molar-refractivity contribution in [2.75, 3.05) is 24.6 Å². The third-order valence-corrected chi connectivity index (χ3v) is 9.69. The number of anilines is 1. The lowest BCUT2D eigenvalue weighted by molar-refractivity contribution is -0.0386. The fraction of sp³-hybridized carbons (Fsp3) is 0.552. The number of aryl methyl sites for hydroxylation is 1. The van der Waals surface area contributed by atoms with E-state index in [1.807, 2.05) is 24.5 Å². The first-order valence-corrected chi connectivity index (χ1v) is 14.9. The molecule has 5 heterocycles. The highest BCUT2D eigenvalue weighted by molar-refractivity contribution is 7.18. The minimum Gasteiger partial charge on any atom is -0.356 e. The van der Waals surface area contributed by atoms with Crippen LogP contribution in [0.3, 0.4) is 0 Å². The van der Waals surface area contributed by atoms with Crippen LogP contribution < -0.4 is 10.5 Å². The van der Waals surface area contributed by atoms with Crippen molar-refractivity contribution in [3.05, 3.63) is 51.8 Å². The van der Waals surface area contributed by atoms with Gasteiger partial charge in [-0.2, -0.15) is 5.10 Å². The van der Waals surface area contributed by atoms with Gasteiger partial charge in [0.15, 0.2) is 12.0 Å². The van der Waals surface area contributed by atoms with Gasteiger partial charge in [0.1, 0.15) is 16.0 Å². The number of para-hydroxylation sites is 1. The van der Waals surface area contributed by atoms with Gasteiger partial charge >= 0.3 is 0 Å². The van der Waals surface area contributed by atoms with Gasteiger partial charge in [-0.1, -0.05) is 26.0 Å². The molecule has 3 aromatic heterocycles. The molecule has 202 valence electrons. The molecule has 4 aromatic rings. The summed E-state index contributed by atoms with van der Waals surface area (Å²) in [6.07, 6.45) is 5.09. The molecule has 0 saturated carbocycles. The molecule has 2 fully saturated rings. The molecular formula is C29H38N6O2S. The Morgan fingerprint density at radius 2 is 1.87 bits per heavy atom. The van der Waals surface area contributed by atoms with E-state index in [1.54, 1.807) is 10.6 Å². The van der Waals surface area contributed by atoms with Crippen molar-refractivity contribution in [1.82, 2.24) is 24.2 Å². The average molecular weight is 535 g/mol. The molecule has 4 atom stereocenters. The van der Waals surface area contributed by atoms with Gasteiger partial charge in [-0.25, -0.2) is 9.67 Å². The smallest absolute Gasteiger partial charge is 0.250 e. The van der Waals surface area contributed by atoms with Gasteiger partial charge in [0.05, 0.1) is 16.3 Å². The summed E-state index contributed by atoms with van der Waals surface area (Å²) >= 11 is 1.81. The van der Waals surface area contributed by atoms with Gasteiger partial charge in [-0.3, -0.25) is 9.69 Å². The highest BCUT2D eigenvalue weighted by Gasteiger charge is 2.39. The molecule has 0 radical (unpaired) electrons. The van der Waals surface area contributed by atoms with Crippen LogP contribution in [0.4, 0.5) is 5.82 Å². The number of aromatic nitrogens is 4. The SMILES string of the molecule is CC[C@H]1CN(C(C)c2nc3ccccc3s2)[C@H](CC)CN1c1c2c(ccc(=O)n2C)nn1C1CCCCO1. The van der Waals surface area contributed by atoms with E-state index in [1.165, 1.54) is 9.71 Å². The summed E-state index contributed by atoms with van der Waals surface area (Å²) in [5.74, 6) is 1.03. The van der Waals surface area contributed by atoms with E-state index in [2.05, 4.69) is 59.5 Å². The Bertz CT molecular complexity index is 1450. The van der Waals surface area contributed by atoms with Crippen LogP contribution in [0.2, 0.25) is 0 Å². The Morgan fingerprint density at radius 1 is 1.05 bits per heavy atom. The number of hydrogen-bond acceptors (Lipinski definition) is 7. The molecule has 0 spiro atoms. The second-order valence-electron chi connectivity index (χ2n) is 10.7. The zero-order valence-electron chi connectivity index (χ0n) is 22.8. The van der Waals surface area contributed by atoms with Crippen LogP contribution in [0.1, 0.15) is 70.2 Å². The van der Waals surface area contributed by atoms with Crippen molar-refractivity contribution in [2.24, 2.45) is 7.05 Å². The van der Waals surface area contributed by atoms with Crippen LogP contribution in [-0.4, -0.2) is 56.0 Å². The Balaban J connectivity index is 1.40. The second-order valence-corrected chi connectivity index (χ2v) is 11.8. The minimum atomic E-state index is -0.0986. The molecule has 2 unspecified atom stereocenters. The van der Waals surface area contributed by atoms with E-state index in [0.717, 1.165) is 74.2 Å². The molecule has 0 aliphatic carbocycles. The number of piperazine rings is 1. The number of ether oxygens (including phenoxy) is 1. The van der Waals surface area contributed by atoms with Gasteiger partial charge in [0.25, 0.3) is 5.56 Å². The number of hydrogen-bond donors (Lipinski definition) is 0. The van der Waals surface area contributed by atoms with Crippen LogP contribution in [0, 0.1) is 0 Å². The molecule has 2 saturated heterocycles. The first-order chi connectivity index (χ1) is 18.5. The number of pyridine rings is 1. The van der Waals surface area contributed by atoms with Gasteiger partial charge in [-0.15, -0.1) is 11.3 Å². The van der Waals surface area contributed by atoms with Crippen molar-refractivity contribution < 1.29 is 4.74 Å². The molecule has 6 rings (SSSR count). The number of fused-ring (bicyclic) bond motifs is 2. The molecule has 9 heteroatoms. The molecule has 0 N–H and O–H groups in total. The van der Waals surface area contributed by atoms with Crippen molar-refractivity contribution in [3.63, 3.8) is 0 Å². The number of rotatable bonds is 6. The fourth-order valence-electron chi connectivity index (χ4n) is 6.25.